The van der Waals surface area contributed by atoms with E-state index in [0.717, 1.165) is 0 Å². The van der Waals surface area contributed by atoms with Crippen LogP contribution in [0.5, 0.6) is 11.5 Å². The number of methoxy groups -OCH3 is 2. The number of thiol groups is 1. The van der Waals surface area contributed by atoms with Gasteiger partial charge in [0.15, 0.2) is 11.5 Å². The van der Waals surface area contributed by atoms with Crippen molar-refractivity contribution in [2.75, 3.05) is 20.0 Å². The van der Waals surface area contributed by atoms with Crippen molar-refractivity contribution in [3.05, 3.63) is 27.8 Å². The van der Waals surface area contributed by atoms with E-state index in [1.54, 1.807) is 0 Å². The van der Waals surface area contributed by atoms with Crippen molar-refractivity contribution in [2.24, 2.45) is 0 Å². The molecule has 0 spiro atoms. The summed E-state index contributed by atoms with van der Waals surface area (Å²) < 4.78 is 15.0. The van der Waals surface area contributed by atoms with Crippen molar-refractivity contribution in [3.8, 4) is 11.5 Å². The largest absolute Gasteiger partial charge is 0.493 e. The third-order valence-electron chi connectivity index (χ3n) is 2.49. The van der Waals surface area contributed by atoms with Crippen LogP contribution in [0.15, 0.2) is 12.1 Å². The van der Waals surface area contributed by atoms with Gasteiger partial charge in [-0.15, -0.1) is 0 Å². The summed E-state index contributed by atoms with van der Waals surface area (Å²) in [5, 5.41) is 11.0. The SMILES string of the molecule is COc1cc(COC(=O)CCS)c([N+](=O)[O-])cc1OC. The van der Waals surface area contributed by atoms with E-state index in [4.69, 9.17) is 14.2 Å². The molecule has 0 saturated carbocycles. The number of esters is 1. The zero-order chi connectivity index (χ0) is 15.1. The average Bonchev–Trinajstić information content (AvgIpc) is 2.44. The van der Waals surface area contributed by atoms with E-state index in [-0.39, 0.29) is 30.0 Å². The minimum atomic E-state index is -0.566. The Morgan fingerprint density at radius 2 is 1.90 bits per heavy atom. The predicted molar refractivity (Wildman–Crippen MR) is 74.5 cm³/mol. The summed E-state index contributed by atoms with van der Waals surface area (Å²) in [6.07, 6.45) is 0.143. The summed E-state index contributed by atoms with van der Waals surface area (Å²) >= 11 is 3.91. The highest BCUT2D eigenvalue weighted by atomic mass is 32.1. The van der Waals surface area contributed by atoms with Crippen LogP contribution in [0.4, 0.5) is 5.69 Å². The Labute approximate surface area is 121 Å². The molecule has 0 amide bonds. The van der Waals surface area contributed by atoms with Gasteiger partial charge in [-0.2, -0.15) is 12.6 Å². The van der Waals surface area contributed by atoms with Crippen LogP contribution in [0.3, 0.4) is 0 Å². The predicted octanol–water partition coefficient (Wildman–Crippen LogP) is 1.98. The summed E-state index contributed by atoms with van der Waals surface area (Å²) in [6, 6.07) is 2.66. The number of benzene rings is 1. The van der Waals surface area contributed by atoms with Gasteiger partial charge in [0, 0.05) is 5.75 Å². The first-order valence-electron chi connectivity index (χ1n) is 5.69. The molecule has 0 bridgehead atoms. The molecule has 0 aliphatic carbocycles. The molecule has 0 aliphatic heterocycles. The molecule has 0 fully saturated rings. The number of hydrogen-bond acceptors (Lipinski definition) is 7. The molecular formula is C12H15NO6S. The number of carbonyl (C=O) groups is 1. The fraction of sp³-hybridized carbons (Fsp3) is 0.417. The van der Waals surface area contributed by atoms with Gasteiger partial charge < -0.3 is 14.2 Å². The fourth-order valence-electron chi connectivity index (χ4n) is 1.52. The van der Waals surface area contributed by atoms with Crippen LogP contribution >= 0.6 is 12.6 Å². The van der Waals surface area contributed by atoms with Gasteiger partial charge in [0.25, 0.3) is 5.69 Å². The first-order valence-corrected chi connectivity index (χ1v) is 6.32. The van der Waals surface area contributed by atoms with Crippen LogP contribution in [0.25, 0.3) is 0 Å². The maximum absolute atomic E-state index is 11.3. The highest BCUT2D eigenvalue weighted by Crippen LogP contribution is 2.34. The van der Waals surface area contributed by atoms with E-state index >= 15 is 0 Å². The normalized spacial score (nSPS) is 9.95. The molecule has 20 heavy (non-hydrogen) atoms. The average molecular weight is 301 g/mol. The zero-order valence-electron chi connectivity index (χ0n) is 11.1. The number of carbonyl (C=O) groups excluding carboxylic acids is 1. The molecule has 8 heteroatoms. The van der Waals surface area contributed by atoms with Crippen molar-refractivity contribution in [3.63, 3.8) is 0 Å². The van der Waals surface area contributed by atoms with E-state index in [1.165, 1.54) is 26.4 Å². The summed E-state index contributed by atoms with van der Waals surface area (Å²) in [4.78, 5) is 21.7. The molecule has 0 atom stereocenters. The highest BCUT2D eigenvalue weighted by Gasteiger charge is 2.20. The van der Waals surface area contributed by atoms with Crippen molar-refractivity contribution >= 4 is 24.3 Å². The van der Waals surface area contributed by atoms with Gasteiger partial charge in [0.2, 0.25) is 0 Å². The minimum Gasteiger partial charge on any atom is -0.493 e. The molecule has 7 nitrogen and oxygen atoms in total. The molecule has 110 valence electrons. The summed E-state index contributed by atoms with van der Waals surface area (Å²) in [5.41, 5.74) is 0.0430. The topological polar surface area (TPSA) is 87.9 Å². The number of nitro groups is 1. The molecule has 0 radical (unpaired) electrons. The lowest BCUT2D eigenvalue weighted by Gasteiger charge is -2.10. The van der Waals surface area contributed by atoms with E-state index in [9.17, 15) is 14.9 Å². The number of ether oxygens (including phenoxy) is 3. The number of nitro benzene ring substituents is 1. The standard InChI is InChI=1S/C12H15NO6S/c1-17-10-5-8(7-19-12(14)3-4-20)9(13(15)16)6-11(10)18-2/h5-6,20H,3-4,7H2,1-2H3. The van der Waals surface area contributed by atoms with Crippen LogP contribution in [0.1, 0.15) is 12.0 Å². The van der Waals surface area contributed by atoms with Crippen molar-refractivity contribution < 1.29 is 23.9 Å². The zero-order valence-corrected chi connectivity index (χ0v) is 12.0. The third kappa shape index (κ3) is 4.02. The lowest BCUT2D eigenvalue weighted by Crippen LogP contribution is -2.07. The molecular weight excluding hydrogens is 286 g/mol. The van der Waals surface area contributed by atoms with Gasteiger partial charge >= 0.3 is 5.97 Å². The van der Waals surface area contributed by atoms with Gasteiger partial charge in [-0.1, -0.05) is 0 Å². The van der Waals surface area contributed by atoms with E-state index in [2.05, 4.69) is 12.6 Å². The maximum Gasteiger partial charge on any atom is 0.306 e. The molecule has 0 aliphatic rings. The Morgan fingerprint density at radius 3 is 2.40 bits per heavy atom. The second-order valence-corrected chi connectivity index (χ2v) is 4.17. The fourth-order valence-corrected chi connectivity index (χ4v) is 1.70. The van der Waals surface area contributed by atoms with Crippen LogP contribution in [-0.4, -0.2) is 30.9 Å². The monoisotopic (exact) mass is 301 g/mol. The Balaban J connectivity index is 3.03. The van der Waals surface area contributed by atoms with Gasteiger partial charge in [-0.25, -0.2) is 0 Å². The van der Waals surface area contributed by atoms with E-state index in [1.807, 2.05) is 0 Å². The van der Waals surface area contributed by atoms with Crippen LogP contribution in [0.2, 0.25) is 0 Å². The smallest absolute Gasteiger partial charge is 0.306 e. The molecule has 0 unspecified atom stereocenters. The minimum absolute atomic E-state index is 0.143. The van der Waals surface area contributed by atoms with Gasteiger partial charge in [-0.05, 0) is 6.07 Å². The van der Waals surface area contributed by atoms with Crippen molar-refractivity contribution in [1.82, 2.24) is 0 Å². The van der Waals surface area contributed by atoms with Crippen LogP contribution in [-0.2, 0) is 16.1 Å². The second kappa shape index (κ2) is 7.59. The van der Waals surface area contributed by atoms with Crippen LogP contribution in [0, 0.1) is 10.1 Å². The molecule has 0 saturated heterocycles. The van der Waals surface area contributed by atoms with Gasteiger partial charge in [0.05, 0.1) is 37.2 Å². The Kier molecular flexibility index (Phi) is 6.10. The van der Waals surface area contributed by atoms with Gasteiger partial charge in [-0.3, -0.25) is 14.9 Å². The second-order valence-electron chi connectivity index (χ2n) is 3.73. The van der Waals surface area contributed by atoms with Crippen molar-refractivity contribution in [1.29, 1.82) is 0 Å². The number of hydrogen-bond donors (Lipinski definition) is 1. The Morgan fingerprint density at radius 1 is 1.30 bits per heavy atom. The number of rotatable bonds is 7. The molecule has 1 aromatic carbocycles. The Bertz CT molecular complexity index is 505. The Hall–Kier alpha value is -1.96. The summed E-state index contributed by atoms with van der Waals surface area (Å²) in [6.45, 7) is -0.205. The third-order valence-corrected chi connectivity index (χ3v) is 2.71. The van der Waals surface area contributed by atoms with Crippen LogP contribution < -0.4 is 9.47 Å². The maximum atomic E-state index is 11.3. The molecule has 1 aromatic rings. The molecule has 0 heterocycles. The molecule has 1 rings (SSSR count). The first-order chi connectivity index (χ1) is 9.53. The highest BCUT2D eigenvalue weighted by molar-refractivity contribution is 7.80. The van der Waals surface area contributed by atoms with Crippen molar-refractivity contribution in [2.45, 2.75) is 13.0 Å². The first kappa shape index (κ1) is 16.1. The molecule has 0 aromatic heterocycles. The summed E-state index contributed by atoms with van der Waals surface area (Å²) in [5.74, 6) is 0.458. The number of nitrogens with zero attached hydrogens (tertiary/aromatic N) is 1. The summed E-state index contributed by atoms with van der Waals surface area (Å²) in [7, 11) is 2.80. The lowest BCUT2D eigenvalue weighted by atomic mass is 10.1. The van der Waals surface area contributed by atoms with Gasteiger partial charge in [0.1, 0.15) is 6.61 Å². The van der Waals surface area contributed by atoms with E-state index < -0.39 is 10.9 Å². The quantitative estimate of drug-likeness (QED) is 0.358. The molecule has 0 N–H and O–H groups in total. The van der Waals surface area contributed by atoms with E-state index in [0.29, 0.717) is 11.5 Å². The lowest BCUT2D eigenvalue weighted by molar-refractivity contribution is -0.385.